The van der Waals surface area contributed by atoms with Crippen LogP contribution < -0.4 is 0 Å². The number of hydrogen-bond acceptors (Lipinski definition) is 5. The minimum absolute atomic E-state index is 0.174. The van der Waals surface area contributed by atoms with Gasteiger partial charge in [0.25, 0.3) is 11.6 Å². The van der Waals surface area contributed by atoms with Crippen molar-refractivity contribution in [3.05, 3.63) is 48.5 Å². The fourth-order valence-electron chi connectivity index (χ4n) is 2.64. The molecule has 172 valence electrons. The van der Waals surface area contributed by atoms with Crippen LogP contribution in [0.2, 0.25) is 0 Å². The highest BCUT2D eigenvalue weighted by atomic mass is 32.3. The first kappa shape index (κ1) is 24.0. The molecule has 2 N–H and O–H groups in total. The van der Waals surface area contributed by atoms with Crippen molar-refractivity contribution in [1.29, 1.82) is 0 Å². The van der Waals surface area contributed by atoms with Crippen molar-refractivity contribution in [2.75, 3.05) is 0 Å². The van der Waals surface area contributed by atoms with Crippen LogP contribution in [0.15, 0.2) is 68.1 Å². The Morgan fingerprint density at radius 3 is 1.71 bits per heavy atom. The highest BCUT2D eigenvalue weighted by molar-refractivity contribution is 8.26. The van der Waals surface area contributed by atoms with E-state index >= 15 is 0 Å². The first-order valence-corrected chi connectivity index (χ1v) is 11.1. The lowest BCUT2D eigenvalue weighted by molar-refractivity contribution is -0.342. The summed E-state index contributed by atoms with van der Waals surface area (Å²) in [4.78, 5) is -1.18. The second-order valence-corrected chi connectivity index (χ2v) is 10.4. The summed E-state index contributed by atoms with van der Waals surface area (Å²) in [7, 11) is -6.36. The maximum atomic E-state index is 13.5. The molecule has 2 aromatic rings. The minimum Gasteiger partial charge on any atom is -0.357 e. The molecule has 0 amide bonds. The lowest BCUT2D eigenvalue weighted by Crippen LogP contribution is -2.50. The molecule has 5 nitrogen and oxygen atoms in total. The Bertz CT molecular complexity index is 939. The van der Waals surface area contributed by atoms with Gasteiger partial charge in [0, 0.05) is 13.8 Å². The maximum Gasteiger partial charge on any atom is 0.444 e. The molecule has 0 saturated heterocycles. The molecule has 1 aliphatic rings. The quantitative estimate of drug-likeness (QED) is 0.363. The van der Waals surface area contributed by atoms with E-state index in [0.717, 1.165) is 12.1 Å². The van der Waals surface area contributed by atoms with Crippen molar-refractivity contribution in [2.45, 2.75) is 57.4 Å². The second-order valence-electron chi connectivity index (χ2n) is 6.79. The normalized spacial score (nSPS) is 27.2. The number of benzene rings is 2. The van der Waals surface area contributed by atoms with Gasteiger partial charge in [0.1, 0.15) is 0 Å². The van der Waals surface area contributed by atoms with Crippen LogP contribution >= 0.6 is 10.6 Å². The molecule has 2 atom stereocenters. The zero-order valence-electron chi connectivity index (χ0n) is 15.8. The number of halogens is 6. The van der Waals surface area contributed by atoms with Gasteiger partial charge in [0.15, 0.2) is 0 Å². The van der Waals surface area contributed by atoms with E-state index in [2.05, 4.69) is 0 Å². The summed E-state index contributed by atoms with van der Waals surface area (Å²) in [5.41, 5.74) is 0. The molecule has 31 heavy (non-hydrogen) atoms. The number of fused-ring (bicyclic) bond motifs is 2. The standard InChI is InChI=1S/C18H16F6O5S2/c1-15(25,17(19,20)21)28-31(29-16(2,26)18(22,23)24)13-9-5-3-7-11(13)30(27)12-8-4-6-10-14(12)31/h3-10,25-26H,1-2H3/i25+2,28+2. The molecule has 1 aliphatic heterocycles. The lowest BCUT2D eigenvalue weighted by Gasteiger charge is -2.52. The summed E-state index contributed by atoms with van der Waals surface area (Å²) in [5.74, 6) is -7.97. The second kappa shape index (κ2) is 7.46. The van der Waals surface area contributed by atoms with Gasteiger partial charge in [-0.25, -0.2) is 12.6 Å². The number of alkyl halides is 6. The van der Waals surface area contributed by atoms with E-state index in [1.54, 1.807) is 0 Å². The largest absolute Gasteiger partial charge is 0.444 e. The topological polar surface area (TPSA) is 76.0 Å². The first-order chi connectivity index (χ1) is 14.0. The third-order valence-corrected chi connectivity index (χ3v) is 9.05. The zero-order valence-corrected chi connectivity index (χ0v) is 17.5. The molecule has 2 unspecified atom stereocenters. The van der Waals surface area contributed by atoms with E-state index in [1.165, 1.54) is 36.4 Å². The van der Waals surface area contributed by atoms with E-state index in [0.29, 0.717) is 0 Å². The Balaban J connectivity index is 2.39. The molecule has 0 spiro atoms. The SMILES string of the molecule is CC(O)(OS1([18O]C(C)([18OH])C(F)(F)F)c2ccccc2S(=O)c2ccccc21)C(F)(F)F. The van der Waals surface area contributed by atoms with Crippen LogP contribution in [-0.4, -0.2) is 38.3 Å². The predicted molar refractivity (Wildman–Crippen MR) is 97.2 cm³/mol. The highest BCUT2D eigenvalue weighted by Gasteiger charge is 2.61. The first-order valence-electron chi connectivity index (χ1n) is 8.46. The molecule has 13 heteroatoms. The Morgan fingerprint density at radius 2 is 1.32 bits per heavy atom. The Hall–Kier alpha value is -1.64. The molecule has 0 aromatic heterocycles. The minimum atomic E-state index is -5.44. The fraction of sp³-hybridized carbons (Fsp3) is 0.333. The fourth-order valence-corrected chi connectivity index (χ4v) is 7.81. The third kappa shape index (κ3) is 3.98. The van der Waals surface area contributed by atoms with Gasteiger partial charge in [-0.3, -0.25) is 0 Å². The maximum absolute atomic E-state index is 13.5. The molecular weight excluding hydrogens is 478 g/mol. The molecule has 0 bridgehead atoms. The lowest BCUT2D eigenvalue weighted by atomic mass is 10.3. The van der Waals surface area contributed by atoms with Gasteiger partial charge < -0.3 is 10.2 Å². The third-order valence-electron chi connectivity index (χ3n) is 4.29. The monoisotopic (exact) mass is 494 g/mol. The molecule has 2 aromatic carbocycles. The van der Waals surface area contributed by atoms with Gasteiger partial charge >= 0.3 is 12.4 Å². The van der Waals surface area contributed by atoms with Gasteiger partial charge in [-0.1, -0.05) is 24.3 Å². The molecule has 0 aliphatic carbocycles. The molecule has 1 heterocycles. The van der Waals surface area contributed by atoms with Crippen molar-refractivity contribution >= 4 is 21.4 Å². The van der Waals surface area contributed by atoms with Crippen molar-refractivity contribution < 1.29 is 49.1 Å². The average molecular weight is 494 g/mol. The van der Waals surface area contributed by atoms with Crippen molar-refractivity contribution in [3.63, 3.8) is 0 Å². The summed E-state index contributed by atoms with van der Waals surface area (Å²) < 4.78 is 104. The van der Waals surface area contributed by atoms with Crippen LogP contribution in [0, 0.1) is 0 Å². The molecule has 0 radical (unpaired) electrons. The smallest absolute Gasteiger partial charge is 0.357 e. The van der Waals surface area contributed by atoms with Gasteiger partial charge in [-0.15, -0.1) is 10.6 Å². The highest BCUT2D eigenvalue weighted by Crippen LogP contribution is 2.73. The number of aliphatic hydroxyl groups is 2. The number of rotatable bonds is 4. The van der Waals surface area contributed by atoms with Crippen LogP contribution in [0.25, 0.3) is 0 Å². The Labute approximate surface area is 176 Å². The van der Waals surface area contributed by atoms with Crippen LogP contribution in [-0.2, 0) is 19.2 Å². The van der Waals surface area contributed by atoms with Crippen LogP contribution in [0.5, 0.6) is 0 Å². The van der Waals surface area contributed by atoms with E-state index in [1.807, 2.05) is 0 Å². The van der Waals surface area contributed by atoms with Gasteiger partial charge in [0.05, 0.1) is 30.4 Å². The van der Waals surface area contributed by atoms with Gasteiger partial charge in [-0.05, 0) is 24.3 Å². The van der Waals surface area contributed by atoms with Crippen molar-refractivity contribution in [2.24, 2.45) is 0 Å². The molecule has 0 saturated carbocycles. The summed E-state index contributed by atoms with van der Waals surface area (Å²) >= 11 is 0. The van der Waals surface area contributed by atoms with E-state index in [4.69, 9.17) is 8.37 Å². The predicted octanol–water partition coefficient (Wildman–Crippen LogP) is 4.79. The van der Waals surface area contributed by atoms with Gasteiger partial charge in [0.2, 0.25) is 0 Å². The van der Waals surface area contributed by atoms with Crippen LogP contribution in [0.1, 0.15) is 13.8 Å². The van der Waals surface area contributed by atoms with Crippen LogP contribution in [0.4, 0.5) is 26.3 Å². The molecular formula is C18H16F6O5S2. The Morgan fingerprint density at radius 1 is 0.903 bits per heavy atom. The summed E-state index contributed by atoms with van der Waals surface area (Å²) in [5, 5.41) is 20.1. The van der Waals surface area contributed by atoms with E-state index in [9.17, 15) is 40.8 Å². The zero-order chi connectivity index (χ0) is 23.5. The van der Waals surface area contributed by atoms with E-state index < -0.39 is 55.1 Å². The van der Waals surface area contributed by atoms with Crippen molar-refractivity contribution in [1.82, 2.24) is 0 Å². The van der Waals surface area contributed by atoms with E-state index in [-0.39, 0.29) is 23.6 Å². The van der Waals surface area contributed by atoms with Crippen LogP contribution in [0.3, 0.4) is 0 Å². The summed E-state index contributed by atoms with van der Waals surface area (Å²) in [6, 6.07) is 9.89. The van der Waals surface area contributed by atoms with Crippen molar-refractivity contribution in [3.8, 4) is 0 Å². The van der Waals surface area contributed by atoms with Gasteiger partial charge in [-0.2, -0.15) is 26.3 Å². The molecule has 0 fully saturated rings. The summed E-state index contributed by atoms with van der Waals surface area (Å²) in [6.07, 6.45) is -10.9. The molecule has 3 rings (SSSR count). The average Bonchev–Trinajstić information content (AvgIpc) is 2.64. The number of hydrogen-bond donors (Lipinski definition) is 2. The Kier molecular flexibility index (Phi) is 5.78. The summed E-state index contributed by atoms with van der Waals surface area (Å²) in [6.45, 7) is 0.397.